The van der Waals surface area contributed by atoms with Crippen molar-refractivity contribution in [2.24, 2.45) is 0 Å². The summed E-state index contributed by atoms with van der Waals surface area (Å²) in [6.07, 6.45) is 0.542. The molecule has 0 amide bonds. The highest BCUT2D eigenvalue weighted by Crippen LogP contribution is 2.38. The van der Waals surface area contributed by atoms with E-state index in [9.17, 15) is 15.2 Å². The SMILES string of the molecule is C[C@H](O)c1cc(Br)cc([N+](=O)[O-])c1OCc1ccno1. The van der Waals surface area contributed by atoms with Gasteiger partial charge in [0.05, 0.1) is 17.2 Å². The zero-order valence-electron chi connectivity index (χ0n) is 10.4. The third-order valence-electron chi connectivity index (χ3n) is 2.56. The van der Waals surface area contributed by atoms with Gasteiger partial charge in [-0.15, -0.1) is 0 Å². The van der Waals surface area contributed by atoms with Crippen LogP contribution in [0, 0.1) is 10.1 Å². The molecule has 0 aliphatic rings. The van der Waals surface area contributed by atoms with Gasteiger partial charge < -0.3 is 14.4 Å². The number of nitro groups is 1. The second kappa shape index (κ2) is 6.02. The minimum absolute atomic E-state index is 0.0117. The van der Waals surface area contributed by atoms with Gasteiger partial charge in [0.25, 0.3) is 0 Å². The van der Waals surface area contributed by atoms with Gasteiger partial charge in [-0.2, -0.15) is 0 Å². The molecule has 1 aromatic heterocycles. The molecule has 2 aromatic rings. The van der Waals surface area contributed by atoms with Gasteiger partial charge in [-0.05, 0) is 13.0 Å². The van der Waals surface area contributed by atoms with Crippen LogP contribution in [0.4, 0.5) is 5.69 Å². The molecule has 0 radical (unpaired) electrons. The third-order valence-corrected chi connectivity index (χ3v) is 3.02. The summed E-state index contributed by atoms with van der Waals surface area (Å²) >= 11 is 3.17. The van der Waals surface area contributed by atoms with Crippen molar-refractivity contribution < 1.29 is 19.3 Å². The summed E-state index contributed by atoms with van der Waals surface area (Å²) in [5, 5.41) is 24.3. The van der Waals surface area contributed by atoms with E-state index in [2.05, 4.69) is 21.1 Å². The summed E-state index contributed by atoms with van der Waals surface area (Å²) in [5.41, 5.74) is 0.0976. The number of hydrogen-bond acceptors (Lipinski definition) is 6. The van der Waals surface area contributed by atoms with Crippen molar-refractivity contribution in [2.45, 2.75) is 19.6 Å². The first-order chi connectivity index (χ1) is 9.49. The van der Waals surface area contributed by atoms with E-state index < -0.39 is 11.0 Å². The highest BCUT2D eigenvalue weighted by molar-refractivity contribution is 9.10. The zero-order valence-corrected chi connectivity index (χ0v) is 12.0. The molecule has 1 atom stereocenters. The molecule has 0 saturated carbocycles. The van der Waals surface area contributed by atoms with Gasteiger partial charge in [0, 0.05) is 22.2 Å². The van der Waals surface area contributed by atoms with Gasteiger partial charge in [-0.25, -0.2) is 0 Å². The van der Waals surface area contributed by atoms with Gasteiger partial charge in [0.2, 0.25) is 5.75 Å². The number of nitrogens with zero attached hydrogens (tertiary/aromatic N) is 2. The Kier molecular flexibility index (Phi) is 4.35. The van der Waals surface area contributed by atoms with Crippen LogP contribution in [-0.2, 0) is 6.61 Å². The first kappa shape index (κ1) is 14.5. The van der Waals surface area contributed by atoms with Crippen molar-refractivity contribution in [2.75, 3.05) is 0 Å². The van der Waals surface area contributed by atoms with Crippen molar-refractivity contribution in [1.29, 1.82) is 0 Å². The number of hydrogen-bond donors (Lipinski definition) is 1. The number of benzene rings is 1. The maximum atomic E-state index is 11.1. The molecule has 7 nitrogen and oxygen atoms in total. The summed E-state index contributed by atoms with van der Waals surface area (Å²) in [6, 6.07) is 4.49. The number of ether oxygens (including phenoxy) is 1. The number of rotatable bonds is 5. The summed E-state index contributed by atoms with van der Waals surface area (Å²) in [5.74, 6) is 0.448. The number of aliphatic hydroxyl groups excluding tert-OH is 1. The fraction of sp³-hybridized carbons (Fsp3) is 0.250. The van der Waals surface area contributed by atoms with Crippen LogP contribution < -0.4 is 4.74 Å². The van der Waals surface area contributed by atoms with Crippen molar-refractivity contribution in [3.63, 3.8) is 0 Å². The Hall–Kier alpha value is -1.93. The third kappa shape index (κ3) is 3.14. The molecule has 106 valence electrons. The minimum Gasteiger partial charge on any atom is -0.478 e. The van der Waals surface area contributed by atoms with E-state index in [4.69, 9.17) is 9.26 Å². The maximum absolute atomic E-state index is 11.1. The molecular formula is C12H11BrN2O5. The summed E-state index contributed by atoms with van der Waals surface area (Å²) < 4.78 is 10.8. The van der Waals surface area contributed by atoms with Gasteiger partial charge in [0.1, 0.15) is 6.61 Å². The summed E-state index contributed by atoms with van der Waals surface area (Å²) in [4.78, 5) is 10.5. The second-order valence-corrected chi connectivity index (χ2v) is 4.96. The van der Waals surface area contributed by atoms with E-state index in [0.717, 1.165) is 0 Å². The van der Waals surface area contributed by atoms with Crippen LogP contribution in [-0.4, -0.2) is 15.2 Å². The monoisotopic (exact) mass is 342 g/mol. The topological polar surface area (TPSA) is 98.6 Å². The van der Waals surface area contributed by atoms with Gasteiger partial charge in [-0.3, -0.25) is 10.1 Å². The molecular weight excluding hydrogens is 332 g/mol. The molecule has 0 aliphatic carbocycles. The molecule has 20 heavy (non-hydrogen) atoms. The second-order valence-electron chi connectivity index (χ2n) is 4.04. The predicted octanol–water partition coefficient (Wildman–Crippen LogP) is 2.98. The number of nitro benzene ring substituents is 1. The Bertz CT molecular complexity index is 613. The minimum atomic E-state index is -0.907. The lowest BCUT2D eigenvalue weighted by Crippen LogP contribution is -2.04. The average Bonchev–Trinajstić information content (AvgIpc) is 2.89. The Balaban J connectivity index is 2.39. The lowest BCUT2D eigenvalue weighted by atomic mass is 10.1. The molecule has 2 rings (SSSR count). The van der Waals surface area contributed by atoms with E-state index in [0.29, 0.717) is 15.8 Å². The Labute approximate surface area is 122 Å². The summed E-state index contributed by atoms with van der Waals surface area (Å²) in [6.45, 7) is 1.50. The first-order valence-corrected chi connectivity index (χ1v) is 6.46. The van der Waals surface area contributed by atoms with Crippen LogP contribution in [0.5, 0.6) is 5.75 Å². The molecule has 0 bridgehead atoms. The van der Waals surface area contributed by atoms with Gasteiger partial charge in [0.15, 0.2) is 5.76 Å². The number of aliphatic hydroxyl groups is 1. The normalized spacial score (nSPS) is 12.2. The zero-order chi connectivity index (χ0) is 14.7. The van der Waals surface area contributed by atoms with Gasteiger partial charge >= 0.3 is 5.69 Å². The van der Waals surface area contributed by atoms with Crippen molar-refractivity contribution in [3.05, 3.63) is 50.3 Å². The molecule has 0 aliphatic heterocycles. The van der Waals surface area contributed by atoms with E-state index >= 15 is 0 Å². The molecule has 1 aromatic carbocycles. The molecule has 1 N–H and O–H groups in total. The number of aromatic nitrogens is 1. The molecule has 1 heterocycles. The van der Waals surface area contributed by atoms with Crippen LogP contribution in [0.15, 0.2) is 33.4 Å². The van der Waals surface area contributed by atoms with E-state index in [1.54, 1.807) is 12.1 Å². The van der Waals surface area contributed by atoms with Crippen LogP contribution in [0.1, 0.15) is 24.4 Å². The lowest BCUT2D eigenvalue weighted by molar-refractivity contribution is -0.386. The first-order valence-electron chi connectivity index (χ1n) is 5.67. The van der Waals surface area contributed by atoms with Crippen molar-refractivity contribution in [1.82, 2.24) is 5.16 Å². The molecule has 0 fully saturated rings. The quantitative estimate of drug-likeness (QED) is 0.662. The predicted molar refractivity (Wildman–Crippen MR) is 72.3 cm³/mol. The lowest BCUT2D eigenvalue weighted by Gasteiger charge is -2.13. The van der Waals surface area contributed by atoms with E-state index in [1.165, 1.54) is 19.2 Å². The highest BCUT2D eigenvalue weighted by Gasteiger charge is 2.23. The molecule has 8 heteroatoms. The Morgan fingerprint density at radius 2 is 2.35 bits per heavy atom. The average molecular weight is 343 g/mol. The van der Waals surface area contributed by atoms with Crippen LogP contribution in [0.25, 0.3) is 0 Å². The maximum Gasteiger partial charge on any atom is 0.312 e. The smallest absolute Gasteiger partial charge is 0.312 e. The molecule has 0 spiro atoms. The largest absolute Gasteiger partial charge is 0.478 e. The van der Waals surface area contributed by atoms with Crippen LogP contribution in [0.3, 0.4) is 0 Å². The number of halogens is 1. The highest BCUT2D eigenvalue weighted by atomic mass is 79.9. The van der Waals surface area contributed by atoms with Crippen LogP contribution in [0.2, 0.25) is 0 Å². The van der Waals surface area contributed by atoms with Crippen molar-refractivity contribution >= 4 is 21.6 Å². The standard InChI is InChI=1S/C12H11BrN2O5/c1-7(16)10-4-8(13)5-11(15(17)18)12(10)19-6-9-2-3-14-20-9/h2-5,7,16H,6H2,1H3/t7-/m0/s1. The Morgan fingerprint density at radius 1 is 1.60 bits per heavy atom. The molecule has 0 saturated heterocycles. The van der Waals surface area contributed by atoms with E-state index in [-0.39, 0.29) is 18.0 Å². The van der Waals surface area contributed by atoms with Crippen LogP contribution >= 0.6 is 15.9 Å². The fourth-order valence-electron chi connectivity index (χ4n) is 1.66. The fourth-order valence-corrected chi connectivity index (χ4v) is 2.13. The van der Waals surface area contributed by atoms with Gasteiger partial charge in [-0.1, -0.05) is 21.1 Å². The van der Waals surface area contributed by atoms with Crippen molar-refractivity contribution in [3.8, 4) is 5.75 Å². The van der Waals surface area contributed by atoms with E-state index in [1.807, 2.05) is 0 Å². The molecule has 0 unspecified atom stereocenters. The summed E-state index contributed by atoms with van der Waals surface area (Å²) in [7, 11) is 0. The Morgan fingerprint density at radius 3 is 2.90 bits per heavy atom.